The third-order valence-corrected chi connectivity index (χ3v) is 2.73. The number of anilines is 2. The minimum atomic E-state index is -0.546. The van der Waals surface area contributed by atoms with Crippen LogP contribution in [0.3, 0.4) is 0 Å². The third-order valence-electron chi connectivity index (χ3n) is 2.73. The van der Waals surface area contributed by atoms with Crippen molar-refractivity contribution in [2.75, 3.05) is 23.7 Å². The Morgan fingerprint density at radius 1 is 1.44 bits per heavy atom. The molecule has 0 saturated carbocycles. The van der Waals surface area contributed by atoms with Crippen molar-refractivity contribution >= 4 is 17.3 Å². The number of nitrogens with two attached hydrogens (primary N) is 1. The molecule has 2 atom stereocenters. The minimum absolute atomic E-state index is 0.00968. The van der Waals surface area contributed by atoms with Crippen LogP contribution >= 0.6 is 0 Å². The van der Waals surface area contributed by atoms with Crippen LogP contribution in [0.4, 0.5) is 17.3 Å². The largest absolute Gasteiger partial charge is 0.378 e. The Morgan fingerprint density at radius 2 is 2.06 bits per heavy atom. The number of nitro groups is 1. The maximum absolute atomic E-state index is 11.0. The first-order chi connectivity index (χ1) is 8.49. The number of morpholine rings is 1. The standard InChI is InChI=1S/C10H15N5O3/c1-6-3-14(4-7(2)18-6)10-8(15(16)17)9(11)12-5-13-10/h5-7H,3-4H2,1-2H3,(H2,11,12,13)/t6-,7-/m1/s1. The Balaban J connectivity index is 2.38. The van der Waals surface area contributed by atoms with Gasteiger partial charge in [0, 0.05) is 13.1 Å². The van der Waals surface area contributed by atoms with E-state index in [2.05, 4.69) is 9.97 Å². The van der Waals surface area contributed by atoms with Gasteiger partial charge >= 0.3 is 5.69 Å². The second-order valence-corrected chi connectivity index (χ2v) is 4.35. The molecule has 8 nitrogen and oxygen atoms in total. The van der Waals surface area contributed by atoms with E-state index in [9.17, 15) is 10.1 Å². The molecule has 2 N–H and O–H groups in total. The first kappa shape index (κ1) is 12.5. The van der Waals surface area contributed by atoms with Gasteiger partial charge in [0.2, 0.25) is 11.6 Å². The van der Waals surface area contributed by atoms with Gasteiger partial charge < -0.3 is 15.4 Å². The molecule has 98 valence electrons. The summed E-state index contributed by atoms with van der Waals surface area (Å²) in [5.74, 6) is 0.145. The van der Waals surface area contributed by atoms with Crippen LogP contribution in [-0.4, -0.2) is 40.2 Å². The minimum Gasteiger partial charge on any atom is -0.378 e. The van der Waals surface area contributed by atoms with E-state index in [0.717, 1.165) is 0 Å². The number of hydrogen-bond donors (Lipinski definition) is 1. The van der Waals surface area contributed by atoms with Gasteiger partial charge in [0.1, 0.15) is 6.33 Å². The molecule has 1 saturated heterocycles. The molecule has 0 spiro atoms. The third kappa shape index (κ3) is 2.33. The fraction of sp³-hybridized carbons (Fsp3) is 0.600. The van der Waals surface area contributed by atoms with Crippen molar-refractivity contribution in [3.05, 3.63) is 16.4 Å². The summed E-state index contributed by atoms with van der Waals surface area (Å²) < 4.78 is 5.58. The zero-order valence-corrected chi connectivity index (χ0v) is 10.2. The molecule has 18 heavy (non-hydrogen) atoms. The van der Waals surface area contributed by atoms with Gasteiger partial charge in [0.25, 0.3) is 0 Å². The molecule has 0 amide bonds. The van der Waals surface area contributed by atoms with Crippen molar-refractivity contribution in [1.29, 1.82) is 0 Å². The van der Waals surface area contributed by atoms with Crippen molar-refractivity contribution in [3.8, 4) is 0 Å². The predicted octanol–water partition coefficient (Wildman–Crippen LogP) is 0.581. The lowest BCUT2D eigenvalue weighted by Gasteiger charge is -2.35. The monoisotopic (exact) mass is 253 g/mol. The average Bonchev–Trinajstić information content (AvgIpc) is 2.26. The highest BCUT2D eigenvalue weighted by Crippen LogP contribution is 2.31. The summed E-state index contributed by atoms with van der Waals surface area (Å²) in [5.41, 5.74) is 5.31. The van der Waals surface area contributed by atoms with Crippen LogP contribution in [0.2, 0.25) is 0 Å². The Kier molecular flexibility index (Phi) is 3.28. The average molecular weight is 253 g/mol. The molecule has 1 aromatic heterocycles. The second kappa shape index (κ2) is 4.73. The van der Waals surface area contributed by atoms with Crippen LogP contribution in [0.15, 0.2) is 6.33 Å². The molecular weight excluding hydrogens is 238 g/mol. The first-order valence-electron chi connectivity index (χ1n) is 5.64. The van der Waals surface area contributed by atoms with Crippen molar-refractivity contribution in [2.45, 2.75) is 26.1 Å². The van der Waals surface area contributed by atoms with E-state index in [1.165, 1.54) is 6.33 Å². The zero-order chi connectivity index (χ0) is 13.3. The molecule has 2 rings (SSSR count). The number of ether oxygens (including phenoxy) is 1. The van der Waals surface area contributed by atoms with E-state index in [0.29, 0.717) is 13.1 Å². The maximum atomic E-state index is 11.0. The highest BCUT2D eigenvalue weighted by atomic mass is 16.6. The van der Waals surface area contributed by atoms with Gasteiger partial charge in [0.15, 0.2) is 0 Å². The summed E-state index contributed by atoms with van der Waals surface area (Å²) in [6.45, 7) is 4.92. The van der Waals surface area contributed by atoms with E-state index in [4.69, 9.17) is 10.5 Å². The number of nitrogens with zero attached hydrogens (tertiary/aromatic N) is 4. The molecule has 0 aromatic carbocycles. The van der Waals surface area contributed by atoms with Crippen LogP contribution in [0, 0.1) is 10.1 Å². The molecule has 1 aliphatic rings. The molecule has 0 radical (unpaired) electrons. The highest BCUT2D eigenvalue weighted by Gasteiger charge is 2.30. The molecular formula is C10H15N5O3. The van der Waals surface area contributed by atoms with Gasteiger partial charge in [-0.15, -0.1) is 0 Å². The summed E-state index contributed by atoms with van der Waals surface area (Å²) in [7, 11) is 0. The fourth-order valence-electron chi connectivity index (χ4n) is 2.14. The van der Waals surface area contributed by atoms with Gasteiger partial charge in [-0.25, -0.2) is 9.97 Å². The van der Waals surface area contributed by atoms with Crippen molar-refractivity contribution in [2.24, 2.45) is 0 Å². The Bertz CT molecular complexity index is 457. The fourth-order valence-corrected chi connectivity index (χ4v) is 2.14. The smallest absolute Gasteiger partial charge is 0.353 e. The predicted molar refractivity (Wildman–Crippen MR) is 65.3 cm³/mol. The molecule has 0 unspecified atom stereocenters. The summed E-state index contributed by atoms with van der Waals surface area (Å²) in [6.07, 6.45) is 1.22. The lowest BCUT2D eigenvalue weighted by atomic mass is 10.2. The lowest BCUT2D eigenvalue weighted by Crippen LogP contribution is -2.46. The molecule has 1 aliphatic heterocycles. The van der Waals surface area contributed by atoms with E-state index in [1.807, 2.05) is 18.7 Å². The molecule has 0 bridgehead atoms. The molecule has 8 heteroatoms. The summed E-state index contributed by atoms with van der Waals surface area (Å²) in [4.78, 5) is 20.0. The summed E-state index contributed by atoms with van der Waals surface area (Å²) >= 11 is 0. The quantitative estimate of drug-likeness (QED) is 0.606. The summed E-state index contributed by atoms with van der Waals surface area (Å²) in [5, 5.41) is 11.0. The van der Waals surface area contributed by atoms with E-state index in [1.54, 1.807) is 0 Å². The van der Waals surface area contributed by atoms with Crippen LogP contribution in [0.25, 0.3) is 0 Å². The number of aromatic nitrogens is 2. The number of hydrogen-bond acceptors (Lipinski definition) is 7. The van der Waals surface area contributed by atoms with E-state index in [-0.39, 0.29) is 29.5 Å². The van der Waals surface area contributed by atoms with Crippen LogP contribution in [-0.2, 0) is 4.74 Å². The second-order valence-electron chi connectivity index (χ2n) is 4.35. The zero-order valence-electron chi connectivity index (χ0n) is 10.2. The highest BCUT2D eigenvalue weighted by molar-refractivity contribution is 5.68. The van der Waals surface area contributed by atoms with Crippen LogP contribution in [0.5, 0.6) is 0 Å². The number of rotatable bonds is 2. The molecule has 1 fully saturated rings. The molecule has 2 heterocycles. The molecule has 0 aliphatic carbocycles. The summed E-state index contributed by atoms with van der Waals surface area (Å²) in [6, 6.07) is 0. The SMILES string of the molecule is C[C@@H]1CN(c2ncnc(N)c2[N+](=O)[O-])C[C@@H](C)O1. The van der Waals surface area contributed by atoms with Crippen LogP contribution < -0.4 is 10.6 Å². The Morgan fingerprint density at radius 3 is 2.61 bits per heavy atom. The van der Waals surface area contributed by atoms with Gasteiger partial charge in [-0.1, -0.05) is 0 Å². The van der Waals surface area contributed by atoms with Crippen molar-refractivity contribution < 1.29 is 9.66 Å². The maximum Gasteiger partial charge on any atom is 0.353 e. The number of nitrogen functional groups attached to an aromatic ring is 1. The van der Waals surface area contributed by atoms with Gasteiger partial charge in [-0.05, 0) is 13.8 Å². The van der Waals surface area contributed by atoms with E-state index >= 15 is 0 Å². The first-order valence-corrected chi connectivity index (χ1v) is 5.64. The van der Waals surface area contributed by atoms with Gasteiger partial charge in [-0.3, -0.25) is 10.1 Å². The van der Waals surface area contributed by atoms with Crippen molar-refractivity contribution in [3.63, 3.8) is 0 Å². The van der Waals surface area contributed by atoms with Crippen molar-refractivity contribution in [1.82, 2.24) is 9.97 Å². The van der Waals surface area contributed by atoms with Gasteiger partial charge in [-0.2, -0.15) is 0 Å². The Hall–Kier alpha value is -1.96. The normalized spacial score (nSPS) is 24.0. The lowest BCUT2D eigenvalue weighted by molar-refractivity contribution is -0.383. The van der Waals surface area contributed by atoms with Crippen LogP contribution in [0.1, 0.15) is 13.8 Å². The van der Waals surface area contributed by atoms with E-state index < -0.39 is 4.92 Å². The van der Waals surface area contributed by atoms with Gasteiger partial charge in [0.05, 0.1) is 17.1 Å². The Labute approximate surface area is 104 Å². The molecule has 1 aromatic rings. The topological polar surface area (TPSA) is 107 Å².